The average Bonchev–Trinajstić information content (AvgIpc) is 2.42. The summed E-state index contributed by atoms with van der Waals surface area (Å²) >= 11 is 0. The summed E-state index contributed by atoms with van der Waals surface area (Å²) in [7, 11) is 0. The molecule has 0 amide bonds. The molecule has 1 unspecified atom stereocenters. The van der Waals surface area contributed by atoms with Gasteiger partial charge in [-0.25, -0.2) is 9.18 Å². The molecule has 2 aromatic rings. The fraction of sp³-hybridized carbons (Fsp3) is 0.188. The first kappa shape index (κ1) is 12.7. The van der Waals surface area contributed by atoms with Crippen molar-refractivity contribution >= 4 is 11.7 Å². The molecule has 0 aromatic heterocycles. The van der Waals surface area contributed by atoms with Crippen molar-refractivity contribution in [3.63, 3.8) is 0 Å². The van der Waals surface area contributed by atoms with Gasteiger partial charge in [-0.15, -0.1) is 0 Å². The molecule has 1 aliphatic rings. The molecule has 1 atom stereocenters. The van der Waals surface area contributed by atoms with Gasteiger partial charge in [0.05, 0.1) is 12.2 Å². The van der Waals surface area contributed by atoms with Gasteiger partial charge in [-0.1, -0.05) is 24.3 Å². The molecule has 2 aromatic carbocycles. The molecule has 0 fully saturated rings. The molecule has 2 N–H and O–H groups in total. The van der Waals surface area contributed by atoms with Gasteiger partial charge in [-0.2, -0.15) is 0 Å². The highest BCUT2D eigenvalue weighted by Crippen LogP contribution is 2.34. The summed E-state index contributed by atoms with van der Waals surface area (Å²) < 4.78 is 18.7. The number of halogens is 1. The van der Waals surface area contributed by atoms with Crippen molar-refractivity contribution in [3.05, 3.63) is 65.0 Å². The Morgan fingerprint density at radius 3 is 2.90 bits per heavy atom. The minimum absolute atomic E-state index is 0.113. The van der Waals surface area contributed by atoms with E-state index in [4.69, 9.17) is 10.5 Å². The Labute approximate surface area is 116 Å². The van der Waals surface area contributed by atoms with Crippen LogP contribution in [0.3, 0.4) is 0 Å². The normalized spacial score (nSPS) is 16.1. The topological polar surface area (TPSA) is 52.3 Å². The molecule has 3 nitrogen and oxygen atoms in total. The third kappa shape index (κ3) is 2.25. The number of anilines is 1. The van der Waals surface area contributed by atoms with E-state index in [-0.39, 0.29) is 18.1 Å². The van der Waals surface area contributed by atoms with Gasteiger partial charge in [0, 0.05) is 11.6 Å². The first-order valence-electron chi connectivity index (χ1n) is 6.45. The molecule has 3 rings (SSSR count). The number of esters is 1. The van der Waals surface area contributed by atoms with Gasteiger partial charge in [0.25, 0.3) is 0 Å². The summed E-state index contributed by atoms with van der Waals surface area (Å²) in [5.74, 6) is -1.07. The van der Waals surface area contributed by atoms with Crippen LogP contribution in [0.2, 0.25) is 0 Å². The van der Waals surface area contributed by atoms with Crippen LogP contribution in [0.4, 0.5) is 10.1 Å². The molecular weight excluding hydrogens is 257 g/mol. The number of hydrogen-bond donors (Lipinski definition) is 1. The zero-order chi connectivity index (χ0) is 14.1. The number of ether oxygens (including phenoxy) is 1. The molecule has 0 aliphatic heterocycles. The Morgan fingerprint density at radius 1 is 1.30 bits per heavy atom. The van der Waals surface area contributed by atoms with Gasteiger partial charge in [-0.3, -0.25) is 0 Å². The number of carbonyl (C=O) groups is 1. The van der Waals surface area contributed by atoms with Crippen LogP contribution in [0, 0.1) is 5.82 Å². The van der Waals surface area contributed by atoms with E-state index in [0.29, 0.717) is 5.69 Å². The molecular formula is C16H14FNO2. The minimum Gasteiger partial charge on any atom is -0.461 e. The highest BCUT2D eigenvalue weighted by Gasteiger charge is 2.27. The smallest absolute Gasteiger partial charge is 0.341 e. The van der Waals surface area contributed by atoms with Crippen LogP contribution in [0.5, 0.6) is 0 Å². The van der Waals surface area contributed by atoms with Crippen LogP contribution in [-0.2, 0) is 11.2 Å². The molecule has 1 aliphatic carbocycles. The first-order valence-corrected chi connectivity index (χ1v) is 6.45. The summed E-state index contributed by atoms with van der Waals surface area (Å²) in [5.41, 5.74) is 8.26. The van der Waals surface area contributed by atoms with Crippen molar-refractivity contribution in [1.82, 2.24) is 0 Å². The van der Waals surface area contributed by atoms with Gasteiger partial charge >= 0.3 is 5.97 Å². The summed E-state index contributed by atoms with van der Waals surface area (Å²) in [5, 5.41) is 0. The molecule has 0 bridgehead atoms. The lowest BCUT2D eigenvalue weighted by atomic mass is 9.78. The van der Waals surface area contributed by atoms with Crippen LogP contribution >= 0.6 is 0 Å². The average molecular weight is 271 g/mol. The first-order chi connectivity index (χ1) is 9.65. The minimum atomic E-state index is -0.667. The van der Waals surface area contributed by atoms with E-state index in [1.54, 1.807) is 0 Å². The SMILES string of the molecule is Nc1ccc(F)c(C(=O)OCC2Cc3ccccc32)c1. The van der Waals surface area contributed by atoms with E-state index in [0.717, 1.165) is 6.42 Å². The van der Waals surface area contributed by atoms with Gasteiger partial charge in [0.15, 0.2) is 0 Å². The lowest BCUT2D eigenvalue weighted by Crippen LogP contribution is -2.23. The Morgan fingerprint density at radius 2 is 2.10 bits per heavy atom. The highest BCUT2D eigenvalue weighted by molar-refractivity contribution is 5.90. The van der Waals surface area contributed by atoms with E-state index in [1.165, 1.54) is 29.3 Å². The fourth-order valence-corrected chi connectivity index (χ4v) is 2.46. The quantitative estimate of drug-likeness (QED) is 0.690. The third-order valence-corrected chi connectivity index (χ3v) is 3.59. The van der Waals surface area contributed by atoms with Crippen LogP contribution in [0.25, 0.3) is 0 Å². The Balaban J connectivity index is 1.65. The van der Waals surface area contributed by atoms with Gasteiger partial charge in [0.2, 0.25) is 0 Å². The lowest BCUT2D eigenvalue weighted by Gasteiger charge is -2.29. The highest BCUT2D eigenvalue weighted by atomic mass is 19.1. The molecule has 20 heavy (non-hydrogen) atoms. The Hall–Kier alpha value is -2.36. The van der Waals surface area contributed by atoms with E-state index >= 15 is 0 Å². The fourth-order valence-electron chi connectivity index (χ4n) is 2.46. The van der Waals surface area contributed by atoms with E-state index in [1.807, 2.05) is 18.2 Å². The van der Waals surface area contributed by atoms with Crippen molar-refractivity contribution in [1.29, 1.82) is 0 Å². The molecule has 102 valence electrons. The second-order valence-corrected chi connectivity index (χ2v) is 4.94. The van der Waals surface area contributed by atoms with Crippen LogP contribution in [-0.4, -0.2) is 12.6 Å². The largest absolute Gasteiger partial charge is 0.461 e. The number of nitrogens with two attached hydrogens (primary N) is 1. The van der Waals surface area contributed by atoms with E-state index < -0.39 is 11.8 Å². The van der Waals surface area contributed by atoms with Crippen molar-refractivity contribution in [2.45, 2.75) is 12.3 Å². The predicted octanol–water partition coefficient (Wildman–Crippen LogP) is 2.90. The maximum atomic E-state index is 13.5. The molecule has 0 saturated carbocycles. The second-order valence-electron chi connectivity index (χ2n) is 4.94. The number of fused-ring (bicyclic) bond motifs is 1. The van der Waals surface area contributed by atoms with Crippen LogP contribution in [0.15, 0.2) is 42.5 Å². The van der Waals surface area contributed by atoms with Gasteiger partial charge in [0.1, 0.15) is 5.82 Å². The monoisotopic (exact) mass is 271 g/mol. The summed E-state index contributed by atoms with van der Waals surface area (Å²) in [4.78, 5) is 11.9. The second kappa shape index (κ2) is 4.96. The van der Waals surface area contributed by atoms with E-state index in [9.17, 15) is 9.18 Å². The number of benzene rings is 2. The van der Waals surface area contributed by atoms with Crippen molar-refractivity contribution < 1.29 is 13.9 Å². The molecule has 4 heteroatoms. The lowest BCUT2D eigenvalue weighted by molar-refractivity contribution is 0.0464. The number of carbonyl (C=O) groups excluding carboxylic acids is 1. The van der Waals surface area contributed by atoms with Crippen molar-refractivity contribution in [2.24, 2.45) is 0 Å². The molecule has 0 spiro atoms. The van der Waals surface area contributed by atoms with Crippen LogP contribution < -0.4 is 5.73 Å². The van der Waals surface area contributed by atoms with Gasteiger partial charge < -0.3 is 10.5 Å². The predicted molar refractivity (Wildman–Crippen MR) is 74.0 cm³/mol. The maximum absolute atomic E-state index is 13.5. The number of nitrogen functional groups attached to an aromatic ring is 1. The summed E-state index contributed by atoms with van der Waals surface area (Å²) in [6.45, 7) is 0.268. The number of rotatable bonds is 3. The summed E-state index contributed by atoms with van der Waals surface area (Å²) in [6, 6.07) is 11.9. The molecule has 0 saturated heterocycles. The van der Waals surface area contributed by atoms with Crippen LogP contribution in [0.1, 0.15) is 27.4 Å². The number of hydrogen-bond acceptors (Lipinski definition) is 3. The van der Waals surface area contributed by atoms with Crippen molar-refractivity contribution in [3.8, 4) is 0 Å². The van der Waals surface area contributed by atoms with E-state index in [2.05, 4.69) is 6.07 Å². The zero-order valence-electron chi connectivity index (χ0n) is 10.8. The van der Waals surface area contributed by atoms with Gasteiger partial charge in [-0.05, 0) is 35.7 Å². The molecule has 0 heterocycles. The third-order valence-electron chi connectivity index (χ3n) is 3.59. The maximum Gasteiger partial charge on any atom is 0.341 e. The molecule has 0 radical (unpaired) electrons. The Bertz CT molecular complexity index is 669. The zero-order valence-corrected chi connectivity index (χ0v) is 10.8. The standard InChI is InChI=1S/C16H14FNO2/c17-15-6-5-12(18)8-14(15)16(19)20-9-11-7-10-3-1-2-4-13(10)11/h1-6,8,11H,7,9,18H2. The van der Waals surface area contributed by atoms with Crippen molar-refractivity contribution in [2.75, 3.05) is 12.3 Å². The Kier molecular flexibility index (Phi) is 3.14. The summed E-state index contributed by atoms with van der Waals surface area (Å²) in [6.07, 6.45) is 0.892.